The molecule has 0 aromatic heterocycles. The van der Waals surface area contributed by atoms with E-state index in [-0.39, 0.29) is 47.0 Å². The molecule has 1 fully saturated rings. The molecule has 0 saturated heterocycles. The predicted octanol–water partition coefficient (Wildman–Crippen LogP) is 3.81. The predicted molar refractivity (Wildman–Crippen MR) is 129 cm³/mol. The summed E-state index contributed by atoms with van der Waals surface area (Å²) in [5.41, 5.74) is 0. The zero-order valence-corrected chi connectivity index (χ0v) is 19.4. The monoisotopic (exact) mass is 466 g/mol. The molecule has 0 aromatic carbocycles. The van der Waals surface area contributed by atoms with E-state index in [4.69, 9.17) is 14.2 Å². The highest BCUT2D eigenvalue weighted by Gasteiger charge is 2.24. The fourth-order valence-corrected chi connectivity index (χ4v) is 4.37. The molecule has 1 rings (SSSR count). The van der Waals surface area contributed by atoms with Crippen LogP contribution < -0.4 is 10.6 Å². The molecule has 8 nitrogen and oxygen atoms in total. The van der Waals surface area contributed by atoms with E-state index < -0.39 is 0 Å². The minimum atomic E-state index is -0.379. The molecule has 0 aliphatic heterocycles. The lowest BCUT2D eigenvalue weighted by Crippen LogP contribution is -2.33. The quantitative estimate of drug-likeness (QED) is 0.354. The number of nitrogens with one attached hydrogen (secondary N) is 2. The molecule has 0 unspecified atom stereocenters. The molecule has 0 aromatic rings. The normalized spacial score (nSPS) is 18.2. The Labute approximate surface area is 194 Å². The maximum atomic E-state index is 11.8. The Morgan fingerprint density at radius 1 is 0.935 bits per heavy atom. The van der Waals surface area contributed by atoms with Gasteiger partial charge in [-0.05, 0) is 37.9 Å². The first kappa shape index (κ1) is 29.7. The standard InChI is InChI=1S/C21H38N2O6S.CH4.2H2/c1-16(2)30-19-7-5-18(6-8-19)29-21(26)23-11-13-28-15-14-27-12-10-22-20(25)9-4-17(3)24;;;/h16,18-19H,4-15H2,1-3H3,(H,22,25)(H,23,26);1H4;2*1H. The van der Waals surface area contributed by atoms with Gasteiger partial charge in [-0.15, -0.1) is 0 Å². The van der Waals surface area contributed by atoms with Crippen LogP contribution in [-0.4, -0.2) is 73.9 Å². The number of ether oxygens (including phenoxy) is 3. The lowest BCUT2D eigenvalue weighted by molar-refractivity contribution is -0.124. The molecule has 2 N–H and O–H groups in total. The van der Waals surface area contributed by atoms with Crippen LogP contribution in [0.15, 0.2) is 0 Å². The summed E-state index contributed by atoms with van der Waals surface area (Å²) in [5, 5.41) is 6.73. The first-order valence-electron chi connectivity index (χ1n) is 10.9. The second-order valence-corrected chi connectivity index (χ2v) is 9.57. The topological polar surface area (TPSA) is 103 Å². The van der Waals surface area contributed by atoms with Crippen molar-refractivity contribution in [1.82, 2.24) is 10.6 Å². The molecule has 0 radical (unpaired) electrons. The van der Waals surface area contributed by atoms with Gasteiger partial charge in [-0.3, -0.25) is 4.79 Å². The van der Waals surface area contributed by atoms with Gasteiger partial charge in [0.25, 0.3) is 0 Å². The largest absolute Gasteiger partial charge is 0.446 e. The van der Waals surface area contributed by atoms with E-state index in [1.165, 1.54) is 6.92 Å². The molecule has 186 valence electrons. The third kappa shape index (κ3) is 17.0. The number of carbonyl (C=O) groups is 3. The average Bonchev–Trinajstić information content (AvgIpc) is 2.69. The molecule has 9 heteroatoms. The maximum Gasteiger partial charge on any atom is 0.407 e. The smallest absolute Gasteiger partial charge is 0.407 e. The number of alkyl carbamates (subject to hydrolysis) is 1. The van der Waals surface area contributed by atoms with Crippen LogP contribution in [0.5, 0.6) is 0 Å². The number of hydrogen-bond acceptors (Lipinski definition) is 7. The van der Waals surface area contributed by atoms with E-state index in [0.717, 1.165) is 25.7 Å². The van der Waals surface area contributed by atoms with E-state index in [1.54, 1.807) is 0 Å². The van der Waals surface area contributed by atoms with Crippen molar-refractivity contribution in [3.63, 3.8) is 0 Å². The van der Waals surface area contributed by atoms with E-state index in [9.17, 15) is 14.4 Å². The summed E-state index contributed by atoms with van der Waals surface area (Å²) in [4.78, 5) is 34.0. The van der Waals surface area contributed by atoms with E-state index >= 15 is 0 Å². The fourth-order valence-electron chi connectivity index (χ4n) is 3.05. The third-order valence-electron chi connectivity index (χ3n) is 4.52. The van der Waals surface area contributed by atoms with Crippen molar-refractivity contribution in [3.05, 3.63) is 0 Å². The molecule has 0 bridgehead atoms. The van der Waals surface area contributed by atoms with Crippen LogP contribution in [-0.2, 0) is 23.8 Å². The van der Waals surface area contributed by atoms with E-state index in [0.29, 0.717) is 50.0 Å². The molecule has 0 heterocycles. The average molecular weight is 467 g/mol. The lowest BCUT2D eigenvalue weighted by atomic mass is 9.97. The number of hydrogen-bond donors (Lipinski definition) is 2. The highest BCUT2D eigenvalue weighted by molar-refractivity contribution is 8.00. The minimum Gasteiger partial charge on any atom is -0.446 e. The number of rotatable bonds is 15. The van der Waals surface area contributed by atoms with Crippen molar-refractivity contribution < 1.29 is 31.4 Å². The Kier molecular flexibility index (Phi) is 17.5. The van der Waals surface area contributed by atoms with Crippen molar-refractivity contribution in [2.75, 3.05) is 39.5 Å². The Morgan fingerprint density at radius 3 is 2.06 bits per heavy atom. The lowest BCUT2D eigenvalue weighted by Gasteiger charge is -2.28. The summed E-state index contributed by atoms with van der Waals surface area (Å²) >= 11 is 2.02. The summed E-state index contributed by atoms with van der Waals surface area (Å²) in [7, 11) is 0. The van der Waals surface area contributed by atoms with Gasteiger partial charge in [0.2, 0.25) is 5.91 Å². The number of ketones is 1. The van der Waals surface area contributed by atoms with Gasteiger partial charge >= 0.3 is 6.09 Å². The molecular formula is C22H46N2O6S. The van der Waals surface area contributed by atoms with Crippen LogP contribution in [0.25, 0.3) is 0 Å². The molecule has 1 aliphatic rings. The van der Waals surface area contributed by atoms with Gasteiger partial charge in [-0.1, -0.05) is 21.3 Å². The highest BCUT2D eigenvalue weighted by atomic mass is 32.2. The zero-order valence-electron chi connectivity index (χ0n) is 18.6. The molecule has 31 heavy (non-hydrogen) atoms. The van der Waals surface area contributed by atoms with Gasteiger partial charge in [0, 0.05) is 34.0 Å². The van der Waals surface area contributed by atoms with E-state index in [2.05, 4.69) is 24.5 Å². The van der Waals surface area contributed by atoms with Crippen molar-refractivity contribution >= 4 is 29.5 Å². The van der Waals surface area contributed by atoms with Gasteiger partial charge in [0.1, 0.15) is 11.9 Å². The van der Waals surface area contributed by atoms with Gasteiger partial charge in [0.05, 0.1) is 26.4 Å². The third-order valence-corrected chi connectivity index (χ3v) is 5.92. The molecule has 1 aliphatic carbocycles. The Bertz CT molecular complexity index is 521. The fraction of sp³-hybridized carbons (Fsp3) is 0.864. The number of thioether (sulfide) groups is 1. The minimum absolute atomic E-state index is 0. The van der Waals surface area contributed by atoms with Crippen LogP contribution in [0.2, 0.25) is 0 Å². The summed E-state index contributed by atoms with van der Waals surface area (Å²) in [5.74, 6) is -0.143. The zero-order chi connectivity index (χ0) is 22.2. The van der Waals surface area contributed by atoms with Crippen LogP contribution in [0.1, 0.15) is 69.6 Å². The van der Waals surface area contributed by atoms with E-state index in [1.807, 2.05) is 11.8 Å². The van der Waals surface area contributed by atoms with Gasteiger partial charge in [-0.25, -0.2) is 4.79 Å². The second-order valence-electron chi connectivity index (χ2n) is 7.69. The summed E-state index contributed by atoms with van der Waals surface area (Å²) in [6.07, 6.45) is 4.19. The number of Topliss-reactive ketones (excluding diaryl/α,β-unsaturated/α-hetero) is 1. The number of amides is 2. The van der Waals surface area contributed by atoms with Crippen molar-refractivity contribution in [1.29, 1.82) is 0 Å². The molecule has 0 spiro atoms. The number of carbonyl (C=O) groups excluding carboxylic acids is 3. The van der Waals surface area contributed by atoms with Crippen LogP contribution >= 0.6 is 11.8 Å². The molecule has 2 amide bonds. The van der Waals surface area contributed by atoms with Gasteiger partial charge in [-0.2, -0.15) is 11.8 Å². The van der Waals surface area contributed by atoms with Crippen molar-refractivity contribution in [3.8, 4) is 0 Å². The van der Waals surface area contributed by atoms with Crippen molar-refractivity contribution in [2.45, 2.75) is 83.3 Å². The SMILES string of the molecule is C.CC(=O)CCC(=O)NCCOCCOCCNC(=O)OC1CCC(SC(C)C)CC1.[HH].[HH]. The van der Waals surface area contributed by atoms with Crippen LogP contribution in [0, 0.1) is 0 Å². The summed E-state index contributed by atoms with van der Waals surface area (Å²) in [6.45, 7) is 8.29. The first-order valence-corrected chi connectivity index (χ1v) is 11.8. The van der Waals surface area contributed by atoms with Gasteiger partial charge in [0.15, 0.2) is 0 Å². The molecule has 0 atom stereocenters. The Balaban J connectivity index is -0.00000300. The Hall–Kier alpha value is -1.32. The summed E-state index contributed by atoms with van der Waals surface area (Å²) in [6, 6.07) is 0. The van der Waals surface area contributed by atoms with Gasteiger partial charge < -0.3 is 29.6 Å². The highest BCUT2D eigenvalue weighted by Crippen LogP contribution is 2.32. The Morgan fingerprint density at radius 2 is 1.52 bits per heavy atom. The molecular weight excluding hydrogens is 420 g/mol. The second kappa shape index (κ2) is 18.3. The molecule has 1 saturated carbocycles. The first-order chi connectivity index (χ1) is 14.4. The van der Waals surface area contributed by atoms with Crippen LogP contribution in [0.4, 0.5) is 4.79 Å². The van der Waals surface area contributed by atoms with Crippen molar-refractivity contribution in [2.24, 2.45) is 0 Å². The van der Waals surface area contributed by atoms with Crippen LogP contribution in [0.3, 0.4) is 0 Å². The maximum absolute atomic E-state index is 11.8. The summed E-state index contributed by atoms with van der Waals surface area (Å²) < 4.78 is 16.2.